The van der Waals surface area contributed by atoms with Crippen LogP contribution in [0.3, 0.4) is 0 Å². The molecule has 0 bridgehead atoms. The molecule has 1 rings (SSSR count). The van der Waals surface area contributed by atoms with Crippen LogP contribution in [-0.4, -0.2) is 30.6 Å². The second-order valence-electron chi connectivity index (χ2n) is 4.03. The number of ether oxygens (including phenoxy) is 2. The molecular formula is C12H9F6NO4. The monoisotopic (exact) mass is 345 g/mol. The molecule has 5 nitrogen and oxygen atoms in total. The van der Waals surface area contributed by atoms with Crippen LogP contribution in [0.25, 0.3) is 0 Å². The molecule has 11 heteroatoms. The van der Waals surface area contributed by atoms with Gasteiger partial charge in [-0.05, 0) is 5.56 Å². The Kier molecular flexibility index (Phi) is 5.82. The van der Waals surface area contributed by atoms with Gasteiger partial charge in [-0.25, -0.2) is 9.59 Å². The lowest BCUT2D eigenvalue weighted by molar-refractivity contribution is -0.249. The number of alkyl carbamates (subject to hydrolysis) is 1. The molecule has 0 saturated carbocycles. The Labute approximate surface area is 125 Å². The summed E-state index contributed by atoms with van der Waals surface area (Å²) in [5.41, 5.74) is 0.429. The third kappa shape index (κ3) is 6.45. The van der Waals surface area contributed by atoms with E-state index in [1.165, 1.54) is 12.1 Å². The quantitative estimate of drug-likeness (QED) is 0.518. The summed E-state index contributed by atoms with van der Waals surface area (Å²) in [6.07, 6.45) is -16.3. The summed E-state index contributed by atoms with van der Waals surface area (Å²) < 4.78 is 80.8. The zero-order valence-electron chi connectivity index (χ0n) is 11.1. The average Bonchev–Trinajstić information content (AvgIpc) is 2.43. The molecule has 0 aromatic heterocycles. The molecule has 0 saturated heterocycles. The molecule has 1 aromatic rings. The van der Waals surface area contributed by atoms with Crippen molar-refractivity contribution in [2.75, 3.05) is 0 Å². The Morgan fingerprint density at radius 2 is 1.61 bits per heavy atom. The number of alkyl halides is 6. The second kappa shape index (κ2) is 7.20. The van der Waals surface area contributed by atoms with E-state index in [0.717, 1.165) is 5.32 Å². The fourth-order valence-corrected chi connectivity index (χ4v) is 1.22. The molecule has 0 aliphatic heterocycles. The lowest BCUT2D eigenvalue weighted by Gasteiger charge is -2.21. The molecule has 0 fully saturated rings. The number of esters is 1. The largest absolute Gasteiger partial charge is 0.491 e. The van der Waals surface area contributed by atoms with Crippen molar-refractivity contribution >= 4 is 12.1 Å². The smallest absolute Gasteiger partial charge is 0.445 e. The van der Waals surface area contributed by atoms with Crippen LogP contribution < -0.4 is 5.32 Å². The molecule has 0 radical (unpaired) electrons. The number of halogens is 6. The van der Waals surface area contributed by atoms with Crippen molar-refractivity contribution in [3.8, 4) is 0 Å². The highest BCUT2D eigenvalue weighted by Crippen LogP contribution is 2.25. The van der Waals surface area contributed by atoms with Crippen molar-refractivity contribution in [3.63, 3.8) is 0 Å². The third-order valence-electron chi connectivity index (χ3n) is 2.22. The van der Waals surface area contributed by atoms with E-state index >= 15 is 0 Å². The molecule has 128 valence electrons. The molecule has 0 aliphatic carbocycles. The average molecular weight is 345 g/mol. The summed E-state index contributed by atoms with van der Waals surface area (Å²) in [5.74, 6) is -3.09. The van der Waals surface area contributed by atoms with Gasteiger partial charge in [0.2, 0.25) is 0 Å². The number of hydrogen-bond acceptors (Lipinski definition) is 4. The van der Waals surface area contributed by atoms with Gasteiger partial charge in [0, 0.05) is 0 Å². The Morgan fingerprint density at radius 1 is 1.04 bits per heavy atom. The molecule has 1 N–H and O–H groups in total. The number of rotatable bonds is 4. The van der Waals surface area contributed by atoms with Crippen LogP contribution in [0.1, 0.15) is 5.56 Å². The van der Waals surface area contributed by atoms with Gasteiger partial charge in [-0.3, -0.25) is 5.32 Å². The van der Waals surface area contributed by atoms with Gasteiger partial charge in [0.15, 0.2) is 0 Å². The standard InChI is InChI=1S/C12H9F6NO4/c13-11(14,15)8(23-9(20)12(16,17)18)19-10(21)22-6-7-4-2-1-3-5-7/h1-5,8H,6H2,(H,19,21). The lowest BCUT2D eigenvalue weighted by atomic mass is 10.2. The van der Waals surface area contributed by atoms with Crippen LogP contribution in [0.15, 0.2) is 30.3 Å². The normalized spacial score (nSPS) is 13.1. The minimum Gasteiger partial charge on any atom is -0.445 e. The summed E-state index contributed by atoms with van der Waals surface area (Å²) in [5, 5.41) is 1.00. The summed E-state index contributed by atoms with van der Waals surface area (Å²) in [6.45, 7) is -0.426. The maximum Gasteiger partial charge on any atom is 0.491 e. The lowest BCUT2D eigenvalue weighted by Crippen LogP contribution is -2.50. The molecule has 1 atom stereocenters. The Bertz CT molecular complexity index is 543. The minimum absolute atomic E-state index is 0.426. The van der Waals surface area contributed by atoms with Gasteiger partial charge in [0.05, 0.1) is 0 Å². The first-order valence-corrected chi connectivity index (χ1v) is 5.82. The predicted molar refractivity (Wildman–Crippen MR) is 61.8 cm³/mol. The second-order valence-corrected chi connectivity index (χ2v) is 4.03. The molecule has 1 unspecified atom stereocenters. The molecule has 0 spiro atoms. The maximum absolute atomic E-state index is 12.5. The number of hydrogen-bond donors (Lipinski definition) is 1. The molecule has 0 heterocycles. The first-order chi connectivity index (χ1) is 10.5. The molecule has 1 aromatic carbocycles. The maximum atomic E-state index is 12.5. The summed E-state index contributed by atoms with van der Waals surface area (Å²) in [6, 6.07) is 7.77. The first-order valence-electron chi connectivity index (χ1n) is 5.82. The van der Waals surface area contributed by atoms with Crippen LogP contribution in [0.5, 0.6) is 0 Å². The van der Waals surface area contributed by atoms with Crippen molar-refractivity contribution in [2.45, 2.75) is 25.2 Å². The van der Waals surface area contributed by atoms with E-state index in [1.807, 2.05) is 0 Å². The molecule has 0 aliphatic rings. The van der Waals surface area contributed by atoms with Crippen molar-refractivity contribution in [3.05, 3.63) is 35.9 Å². The third-order valence-corrected chi connectivity index (χ3v) is 2.22. The Morgan fingerprint density at radius 3 is 2.09 bits per heavy atom. The SMILES string of the molecule is O=C(NC(OC(=O)C(F)(F)F)C(F)(F)F)OCc1ccccc1. The summed E-state index contributed by atoms with van der Waals surface area (Å²) >= 11 is 0. The first kappa shape index (κ1) is 18.6. The van der Waals surface area contributed by atoms with Crippen LogP contribution in [0.2, 0.25) is 0 Å². The van der Waals surface area contributed by atoms with E-state index in [4.69, 9.17) is 0 Å². The van der Waals surface area contributed by atoms with E-state index in [9.17, 15) is 35.9 Å². The van der Waals surface area contributed by atoms with Gasteiger partial charge < -0.3 is 9.47 Å². The number of nitrogens with one attached hydrogen (secondary N) is 1. The van der Waals surface area contributed by atoms with Crippen molar-refractivity contribution in [1.29, 1.82) is 0 Å². The molecule has 1 amide bonds. The van der Waals surface area contributed by atoms with E-state index < -0.39 is 37.2 Å². The fourth-order valence-electron chi connectivity index (χ4n) is 1.22. The predicted octanol–water partition coefficient (Wildman–Crippen LogP) is 2.91. The zero-order chi connectivity index (χ0) is 17.7. The molecular weight excluding hydrogens is 336 g/mol. The van der Waals surface area contributed by atoms with Gasteiger partial charge in [0.25, 0.3) is 6.23 Å². The van der Waals surface area contributed by atoms with E-state index in [2.05, 4.69) is 9.47 Å². The fraction of sp³-hybridized carbons (Fsp3) is 0.333. The highest BCUT2D eigenvalue weighted by molar-refractivity contribution is 5.76. The Hall–Kier alpha value is -2.46. The minimum atomic E-state index is -5.64. The van der Waals surface area contributed by atoms with Gasteiger partial charge in [-0.15, -0.1) is 0 Å². The number of benzene rings is 1. The van der Waals surface area contributed by atoms with E-state index in [0.29, 0.717) is 5.56 Å². The van der Waals surface area contributed by atoms with Crippen LogP contribution in [0.4, 0.5) is 31.1 Å². The van der Waals surface area contributed by atoms with E-state index in [-0.39, 0.29) is 0 Å². The Balaban J connectivity index is 2.63. The topological polar surface area (TPSA) is 64.6 Å². The summed E-state index contributed by atoms with van der Waals surface area (Å²) in [4.78, 5) is 21.6. The highest BCUT2D eigenvalue weighted by Gasteiger charge is 2.50. The number of amides is 1. The molecule has 23 heavy (non-hydrogen) atoms. The zero-order valence-corrected chi connectivity index (χ0v) is 11.1. The van der Waals surface area contributed by atoms with Crippen LogP contribution in [0, 0.1) is 0 Å². The van der Waals surface area contributed by atoms with Crippen LogP contribution >= 0.6 is 0 Å². The number of carbonyl (C=O) groups excluding carboxylic acids is 2. The summed E-state index contributed by atoms with van der Waals surface area (Å²) in [7, 11) is 0. The van der Waals surface area contributed by atoms with Crippen molar-refractivity contribution in [2.24, 2.45) is 0 Å². The van der Waals surface area contributed by atoms with Gasteiger partial charge in [-0.2, -0.15) is 26.3 Å². The number of carbonyl (C=O) groups is 2. The van der Waals surface area contributed by atoms with Gasteiger partial charge >= 0.3 is 24.4 Å². The van der Waals surface area contributed by atoms with Crippen molar-refractivity contribution < 1.29 is 45.4 Å². The van der Waals surface area contributed by atoms with E-state index in [1.54, 1.807) is 18.2 Å². The highest BCUT2D eigenvalue weighted by atomic mass is 19.4. The van der Waals surface area contributed by atoms with Gasteiger partial charge in [0.1, 0.15) is 6.61 Å². The van der Waals surface area contributed by atoms with Crippen molar-refractivity contribution in [1.82, 2.24) is 5.32 Å². The van der Waals surface area contributed by atoms with Crippen LogP contribution in [-0.2, 0) is 20.9 Å². The van der Waals surface area contributed by atoms with Gasteiger partial charge in [-0.1, -0.05) is 30.3 Å².